The fourth-order valence-electron chi connectivity index (χ4n) is 2.37. The number of aromatic nitrogens is 2. The molecule has 22 heavy (non-hydrogen) atoms. The summed E-state index contributed by atoms with van der Waals surface area (Å²) in [6.07, 6.45) is 6.17. The number of hydrazine groups is 1. The van der Waals surface area contributed by atoms with Crippen LogP contribution < -0.4 is 21.4 Å². The average molecular weight is 294 g/mol. The molecule has 112 valence electrons. The van der Waals surface area contributed by atoms with Crippen LogP contribution in [-0.2, 0) is 0 Å². The molecule has 1 fully saturated rings. The van der Waals surface area contributed by atoms with Gasteiger partial charge >= 0.3 is 0 Å². The fraction of sp³-hybridized carbons (Fsp3) is 0.312. The van der Waals surface area contributed by atoms with Crippen LogP contribution in [0.15, 0.2) is 35.5 Å². The molecule has 0 atom stereocenters. The van der Waals surface area contributed by atoms with Crippen molar-refractivity contribution in [2.45, 2.75) is 25.8 Å². The van der Waals surface area contributed by atoms with Crippen molar-refractivity contribution in [3.05, 3.63) is 46.7 Å². The third kappa shape index (κ3) is 2.86. The number of fused-ring (bicyclic) bond motifs is 1. The SMILES string of the molecule is Cc1cccc(NN2C=c3nc(NC4CC4)ncc3=NC2)c1. The van der Waals surface area contributed by atoms with Crippen molar-refractivity contribution >= 4 is 17.8 Å². The first-order chi connectivity index (χ1) is 10.8. The summed E-state index contributed by atoms with van der Waals surface area (Å²) < 4.78 is 0. The largest absolute Gasteiger partial charge is 0.351 e. The van der Waals surface area contributed by atoms with E-state index in [1.807, 2.05) is 23.3 Å². The van der Waals surface area contributed by atoms with Crippen molar-refractivity contribution in [2.75, 3.05) is 17.4 Å². The van der Waals surface area contributed by atoms with Crippen LogP contribution in [0.5, 0.6) is 0 Å². The third-order valence-electron chi connectivity index (χ3n) is 3.67. The minimum absolute atomic E-state index is 0.541. The van der Waals surface area contributed by atoms with E-state index in [1.54, 1.807) is 6.20 Å². The smallest absolute Gasteiger partial charge is 0.223 e. The van der Waals surface area contributed by atoms with Crippen LogP contribution in [0.2, 0.25) is 0 Å². The molecule has 0 bridgehead atoms. The average Bonchev–Trinajstić information content (AvgIpc) is 3.31. The second kappa shape index (κ2) is 5.29. The Morgan fingerprint density at radius 3 is 3.00 bits per heavy atom. The monoisotopic (exact) mass is 294 g/mol. The number of nitrogens with one attached hydrogen (secondary N) is 2. The molecule has 2 heterocycles. The highest BCUT2D eigenvalue weighted by Crippen LogP contribution is 2.22. The lowest BCUT2D eigenvalue weighted by Gasteiger charge is -2.22. The number of benzene rings is 1. The van der Waals surface area contributed by atoms with E-state index in [2.05, 4.69) is 44.8 Å². The Bertz CT molecular complexity index is 812. The molecule has 0 unspecified atom stereocenters. The zero-order valence-electron chi connectivity index (χ0n) is 12.5. The van der Waals surface area contributed by atoms with Crippen LogP contribution in [0.4, 0.5) is 11.6 Å². The van der Waals surface area contributed by atoms with E-state index in [4.69, 9.17) is 0 Å². The van der Waals surface area contributed by atoms with Crippen molar-refractivity contribution < 1.29 is 0 Å². The summed E-state index contributed by atoms with van der Waals surface area (Å²) in [5.41, 5.74) is 5.60. The number of hydrogen-bond donors (Lipinski definition) is 2. The highest BCUT2D eigenvalue weighted by atomic mass is 15.5. The molecule has 2 aliphatic rings. The summed E-state index contributed by atoms with van der Waals surface area (Å²) in [6.45, 7) is 2.62. The van der Waals surface area contributed by atoms with Crippen LogP contribution in [0.3, 0.4) is 0 Å². The van der Waals surface area contributed by atoms with Gasteiger partial charge in [0.05, 0.1) is 18.1 Å². The summed E-state index contributed by atoms with van der Waals surface area (Å²) in [5, 5.41) is 6.92. The maximum Gasteiger partial charge on any atom is 0.223 e. The first-order valence-corrected chi connectivity index (χ1v) is 7.52. The topological polar surface area (TPSA) is 65.4 Å². The van der Waals surface area contributed by atoms with Gasteiger partial charge in [-0.2, -0.15) is 0 Å². The highest BCUT2D eigenvalue weighted by molar-refractivity contribution is 5.46. The molecule has 4 rings (SSSR count). The lowest BCUT2D eigenvalue weighted by atomic mass is 10.2. The first kappa shape index (κ1) is 13.1. The lowest BCUT2D eigenvalue weighted by molar-refractivity contribution is 0.487. The molecule has 0 saturated heterocycles. The molecule has 1 saturated carbocycles. The minimum atomic E-state index is 0.541. The molecule has 0 radical (unpaired) electrons. The Morgan fingerprint density at radius 1 is 1.27 bits per heavy atom. The molecule has 0 spiro atoms. The van der Waals surface area contributed by atoms with Crippen LogP contribution in [0.1, 0.15) is 18.4 Å². The van der Waals surface area contributed by atoms with Gasteiger partial charge in [-0.05, 0) is 37.5 Å². The van der Waals surface area contributed by atoms with E-state index in [-0.39, 0.29) is 0 Å². The lowest BCUT2D eigenvalue weighted by Crippen LogP contribution is -2.41. The van der Waals surface area contributed by atoms with Gasteiger partial charge in [-0.3, -0.25) is 15.4 Å². The van der Waals surface area contributed by atoms with Gasteiger partial charge in [0.2, 0.25) is 5.95 Å². The first-order valence-electron chi connectivity index (χ1n) is 7.52. The van der Waals surface area contributed by atoms with Crippen molar-refractivity contribution in [3.63, 3.8) is 0 Å². The van der Waals surface area contributed by atoms with Crippen LogP contribution >= 0.6 is 0 Å². The summed E-state index contributed by atoms with van der Waals surface area (Å²) in [5.74, 6) is 0.685. The molecular weight excluding hydrogens is 276 g/mol. The summed E-state index contributed by atoms with van der Waals surface area (Å²) in [7, 11) is 0. The second-order valence-electron chi connectivity index (χ2n) is 5.76. The molecule has 2 N–H and O–H groups in total. The van der Waals surface area contributed by atoms with Gasteiger partial charge < -0.3 is 5.32 Å². The van der Waals surface area contributed by atoms with Crippen molar-refractivity contribution in [1.82, 2.24) is 15.0 Å². The van der Waals surface area contributed by atoms with Crippen molar-refractivity contribution in [3.8, 4) is 0 Å². The van der Waals surface area contributed by atoms with Crippen molar-refractivity contribution in [2.24, 2.45) is 4.99 Å². The normalized spacial score (nSPS) is 16.3. The fourth-order valence-corrected chi connectivity index (χ4v) is 2.37. The number of hydrogen-bond acceptors (Lipinski definition) is 6. The number of rotatable bonds is 4. The third-order valence-corrected chi connectivity index (χ3v) is 3.67. The Kier molecular flexibility index (Phi) is 3.14. The maximum atomic E-state index is 4.55. The summed E-state index contributed by atoms with van der Waals surface area (Å²) in [4.78, 5) is 13.4. The van der Waals surface area contributed by atoms with Gasteiger partial charge in [0, 0.05) is 6.04 Å². The van der Waals surface area contributed by atoms with Crippen LogP contribution in [0, 0.1) is 6.92 Å². The van der Waals surface area contributed by atoms with E-state index < -0.39 is 0 Å². The Morgan fingerprint density at radius 2 is 2.18 bits per heavy atom. The predicted octanol–water partition coefficient (Wildman–Crippen LogP) is 1.02. The Hall–Kier alpha value is -2.63. The molecule has 0 amide bonds. The highest BCUT2D eigenvalue weighted by Gasteiger charge is 2.21. The summed E-state index contributed by atoms with van der Waals surface area (Å²) >= 11 is 0. The zero-order chi connectivity index (χ0) is 14.9. The standard InChI is InChI=1S/C16H18N6/c1-11-3-2-4-13(7-11)21-22-9-15-14(18-10-22)8-17-16(20-15)19-12-5-6-12/h2-4,7-9,12,21H,5-6,10H2,1H3,(H,19,20). The van der Waals surface area contributed by atoms with Gasteiger partial charge in [-0.1, -0.05) is 12.1 Å². The van der Waals surface area contributed by atoms with Gasteiger partial charge in [-0.25, -0.2) is 9.97 Å². The van der Waals surface area contributed by atoms with Crippen molar-refractivity contribution in [1.29, 1.82) is 0 Å². The number of aryl methyl sites for hydroxylation is 1. The van der Waals surface area contributed by atoms with E-state index in [9.17, 15) is 0 Å². The molecule has 6 heteroatoms. The Balaban J connectivity index is 1.58. The molecule has 2 aromatic rings. The summed E-state index contributed by atoms with van der Waals surface area (Å²) in [6, 6.07) is 8.79. The van der Waals surface area contributed by atoms with E-state index in [0.717, 1.165) is 16.4 Å². The van der Waals surface area contributed by atoms with Gasteiger partial charge in [0.1, 0.15) is 17.4 Å². The zero-order valence-corrected chi connectivity index (χ0v) is 12.5. The maximum absolute atomic E-state index is 4.55. The quantitative estimate of drug-likeness (QED) is 0.881. The van der Waals surface area contributed by atoms with Crippen LogP contribution in [-0.4, -0.2) is 27.7 Å². The van der Waals surface area contributed by atoms with Crippen LogP contribution in [0.25, 0.3) is 6.20 Å². The molecular formula is C16H18N6. The van der Waals surface area contributed by atoms with Gasteiger partial charge in [0.25, 0.3) is 0 Å². The van der Waals surface area contributed by atoms with E-state index in [1.165, 1.54) is 18.4 Å². The minimum Gasteiger partial charge on any atom is -0.351 e. The number of anilines is 2. The number of nitrogens with zero attached hydrogens (tertiary/aromatic N) is 4. The van der Waals surface area contributed by atoms with Gasteiger partial charge in [-0.15, -0.1) is 0 Å². The van der Waals surface area contributed by atoms with Gasteiger partial charge in [0.15, 0.2) is 0 Å². The molecule has 1 aromatic carbocycles. The van der Waals surface area contributed by atoms with E-state index in [0.29, 0.717) is 18.7 Å². The molecule has 1 aliphatic carbocycles. The Labute approximate surface area is 128 Å². The molecule has 1 aliphatic heterocycles. The molecule has 1 aromatic heterocycles. The van der Waals surface area contributed by atoms with E-state index >= 15 is 0 Å². The second-order valence-corrected chi connectivity index (χ2v) is 5.76. The predicted molar refractivity (Wildman–Crippen MR) is 85.4 cm³/mol. The molecule has 6 nitrogen and oxygen atoms in total.